The van der Waals surface area contributed by atoms with E-state index >= 15 is 0 Å². The number of esters is 1. The van der Waals surface area contributed by atoms with Crippen LogP contribution in [-0.2, 0) is 16.0 Å². The Morgan fingerprint density at radius 3 is 2.67 bits per heavy atom. The van der Waals surface area contributed by atoms with Crippen molar-refractivity contribution in [2.45, 2.75) is 6.42 Å². The van der Waals surface area contributed by atoms with Crippen LogP contribution in [0.15, 0.2) is 42.5 Å². The second kappa shape index (κ2) is 4.30. The number of fused-ring (bicyclic) bond motifs is 2. The molecule has 0 bridgehead atoms. The number of benzene rings is 2. The Bertz CT molecular complexity index is 641. The molecule has 1 aliphatic rings. The van der Waals surface area contributed by atoms with Crippen LogP contribution in [0, 0.1) is 5.92 Å². The van der Waals surface area contributed by atoms with Crippen molar-refractivity contribution in [1.29, 1.82) is 0 Å². The Morgan fingerprint density at radius 1 is 1.22 bits per heavy atom. The number of hydrogen-bond donors (Lipinski definition) is 0. The lowest BCUT2D eigenvalue weighted by molar-refractivity contribution is -0.143. The molecule has 0 radical (unpaired) electrons. The fourth-order valence-corrected chi connectivity index (χ4v) is 2.48. The third-order valence-corrected chi connectivity index (χ3v) is 3.46. The molecule has 2 aromatic carbocycles. The zero-order chi connectivity index (χ0) is 12.5. The summed E-state index contributed by atoms with van der Waals surface area (Å²) in [7, 11) is 1.44. The van der Waals surface area contributed by atoms with Gasteiger partial charge in [0.15, 0.2) is 0 Å². The van der Waals surface area contributed by atoms with Crippen molar-refractivity contribution in [2.75, 3.05) is 7.11 Å². The predicted octanol–water partition coefficient (Wildman–Crippen LogP) is 3.20. The molecule has 0 aliphatic heterocycles. The standard InChI is InChI=1S/C16H14O2/c1-18-16(17)14-7-6-13-8-11-4-2-3-5-12(11)9-15(13)10-14/h2-9,14H,10H2,1H3. The average molecular weight is 238 g/mol. The third-order valence-electron chi connectivity index (χ3n) is 3.46. The molecule has 0 aromatic heterocycles. The Labute approximate surface area is 106 Å². The van der Waals surface area contributed by atoms with Crippen LogP contribution in [0.25, 0.3) is 16.8 Å². The smallest absolute Gasteiger partial charge is 0.312 e. The van der Waals surface area contributed by atoms with Crippen LogP contribution in [0.1, 0.15) is 11.1 Å². The van der Waals surface area contributed by atoms with Crippen molar-refractivity contribution in [2.24, 2.45) is 5.92 Å². The predicted molar refractivity (Wildman–Crippen MR) is 72.2 cm³/mol. The fraction of sp³-hybridized carbons (Fsp3) is 0.188. The van der Waals surface area contributed by atoms with Crippen LogP contribution in [0.4, 0.5) is 0 Å². The molecule has 2 heteroatoms. The molecular formula is C16H14O2. The van der Waals surface area contributed by atoms with Gasteiger partial charge in [0.2, 0.25) is 0 Å². The van der Waals surface area contributed by atoms with E-state index < -0.39 is 0 Å². The van der Waals surface area contributed by atoms with Crippen molar-refractivity contribution in [3.63, 3.8) is 0 Å². The quantitative estimate of drug-likeness (QED) is 0.713. The van der Waals surface area contributed by atoms with E-state index in [0.29, 0.717) is 0 Å². The topological polar surface area (TPSA) is 26.3 Å². The lowest BCUT2D eigenvalue weighted by Gasteiger charge is -2.18. The third kappa shape index (κ3) is 1.80. The van der Waals surface area contributed by atoms with Crippen molar-refractivity contribution in [3.8, 4) is 0 Å². The SMILES string of the molecule is COC(=O)C1C=Cc2cc3ccccc3cc2C1. The Morgan fingerprint density at radius 2 is 1.94 bits per heavy atom. The van der Waals surface area contributed by atoms with Gasteiger partial charge >= 0.3 is 5.97 Å². The number of rotatable bonds is 1. The summed E-state index contributed by atoms with van der Waals surface area (Å²) in [5.41, 5.74) is 2.42. The number of carbonyl (C=O) groups excluding carboxylic acids is 1. The molecule has 1 aliphatic carbocycles. The number of ether oxygens (including phenoxy) is 1. The van der Waals surface area contributed by atoms with Gasteiger partial charge in [-0.05, 0) is 34.4 Å². The van der Waals surface area contributed by atoms with Gasteiger partial charge in [0.25, 0.3) is 0 Å². The Kier molecular flexibility index (Phi) is 2.63. The molecular weight excluding hydrogens is 224 g/mol. The first-order chi connectivity index (χ1) is 8.78. The van der Waals surface area contributed by atoms with Gasteiger partial charge in [-0.25, -0.2) is 0 Å². The zero-order valence-electron chi connectivity index (χ0n) is 10.2. The first-order valence-electron chi connectivity index (χ1n) is 6.05. The lowest BCUT2D eigenvalue weighted by atomic mass is 9.88. The lowest BCUT2D eigenvalue weighted by Crippen LogP contribution is -2.19. The first-order valence-corrected chi connectivity index (χ1v) is 6.05. The van der Waals surface area contributed by atoms with E-state index in [-0.39, 0.29) is 11.9 Å². The Hall–Kier alpha value is -2.09. The maximum Gasteiger partial charge on any atom is 0.312 e. The molecule has 2 aromatic rings. The van der Waals surface area contributed by atoms with Crippen LogP contribution in [0.3, 0.4) is 0 Å². The summed E-state index contributed by atoms with van der Waals surface area (Å²) < 4.78 is 4.80. The molecule has 0 amide bonds. The van der Waals surface area contributed by atoms with E-state index in [1.165, 1.54) is 29.0 Å². The highest BCUT2D eigenvalue weighted by Gasteiger charge is 2.21. The van der Waals surface area contributed by atoms with Crippen LogP contribution in [0.5, 0.6) is 0 Å². The van der Waals surface area contributed by atoms with E-state index in [9.17, 15) is 4.79 Å². The second-order valence-electron chi connectivity index (χ2n) is 4.59. The van der Waals surface area contributed by atoms with Gasteiger partial charge in [0.1, 0.15) is 0 Å². The van der Waals surface area contributed by atoms with Crippen molar-refractivity contribution in [1.82, 2.24) is 0 Å². The molecule has 3 rings (SSSR count). The summed E-state index contributed by atoms with van der Waals surface area (Å²) >= 11 is 0. The van der Waals surface area contributed by atoms with Crippen LogP contribution in [0.2, 0.25) is 0 Å². The molecule has 1 atom stereocenters. The second-order valence-corrected chi connectivity index (χ2v) is 4.59. The zero-order valence-corrected chi connectivity index (χ0v) is 10.2. The molecule has 0 N–H and O–H groups in total. The van der Waals surface area contributed by atoms with Gasteiger partial charge in [-0.15, -0.1) is 0 Å². The molecule has 0 fully saturated rings. The number of carbonyl (C=O) groups is 1. The maximum atomic E-state index is 11.6. The molecule has 90 valence electrons. The van der Waals surface area contributed by atoms with Crippen molar-refractivity contribution in [3.05, 3.63) is 53.6 Å². The highest BCUT2D eigenvalue weighted by atomic mass is 16.5. The first kappa shape index (κ1) is 11.0. The van der Waals surface area contributed by atoms with Gasteiger partial charge in [0, 0.05) is 0 Å². The summed E-state index contributed by atoms with van der Waals surface area (Å²) in [6, 6.07) is 12.6. The average Bonchev–Trinajstić information content (AvgIpc) is 2.43. The molecule has 0 saturated heterocycles. The van der Waals surface area contributed by atoms with Gasteiger partial charge in [-0.3, -0.25) is 4.79 Å². The van der Waals surface area contributed by atoms with Crippen LogP contribution in [-0.4, -0.2) is 13.1 Å². The normalized spacial score (nSPS) is 17.5. The molecule has 2 nitrogen and oxygen atoms in total. The van der Waals surface area contributed by atoms with E-state index in [0.717, 1.165) is 6.42 Å². The van der Waals surface area contributed by atoms with Gasteiger partial charge in [0.05, 0.1) is 13.0 Å². The van der Waals surface area contributed by atoms with Crippen molar-refractivity contribution >= 4 is 22.8 Å². The fourth-order valence-electron chi connectivity index (χ4n) is 2.48. The van der Waals surface area contributed by atoms with Gasteiger partial charge < -0.3 is 4.74 Å². The summed E-state index contributed by atoms with van der Waals surface area (Å²) in [5.74, 6) is -0.311. The minimum Gasteiger partial charge on any atom is -0.469 e. The highest BCUT2D eigenvalue weighted by molar-refractivity contribution is 5.87. The summed E-state index contributed by atoms with van der Waals surface area (Å²) in [5, 5.41) is 2.45. The summed E-state index contributed by atoms with van der Waals surface area (Å²) in [6.07, 6.45) is 4.68. The van der Waals surface area contributed by atoms with E-state index in [2.05, 4.69) is 24.3 Å². The van der Waals surface area contributed by atoms with Crippen LogP contribution < -0.4 is 0 Å². The van der Waals surface area contributed by atoms with E-state index in [1.807, 2.05) is 24.3 Å². The van der Waals surface area contributed by atoms with Gasteiger partial charge in [-0.1, -0.05) is 42.5 Å². The van der Waals surface area contributed by atoms with Crippen LogP contribution >= 0.6 is 0 Å². The molecule has 1 unspecified atom stereocenters. The Balaban J connectivity index is 2.05. The van der Waals surface area contributed by atoms with E-state index in [4.69, 9.17) is 4.74 Å². The minimum absolute atomic E-state index is 0.149. The summed E-state index contributed by atoms with van der Waals surface area (Å²) in [4.78, 5) is 11.6. The maximum absolute atomic E-state index is 11.6. The monoisotopic (exact) mass is 238 g/mol. The van der Waals surface area contributed by atoms with E-state index in [1.54, 1.807) is 0 Å². The summed E-state index contributed by atoms with van der Waals surface area (Å²) in [6.45, 7) is 0. The molecule has 0 saturated carbocycles. The molecule has 18 heavy (non-hydrogen) atoms. The number of methoxy groups -OCH3 is 1. The highest BCUT2D eigenvalue weighted by Crippen LogP contribution is 2.28. The minimum atomic E-state index is -0.162. The molecule has 0 spiro atoms. The largest absolute Gasteiger partial charge is 0.469 e. The van der Waals surface area contributed by atoms with Crippen molar-refractivity contribution < 1.29 is 9.53 Å². The van der Waals surface area contributed by atoms with Gasteiger partial charge in [-0.2, -0.15) is 0 Å². The molecule has 0 heterocycles. The number of hydrogen-bond acceptors (Lipinski definition) is 2.